The zero-order valence-electron chi connectivity index (χ0n) is 11.1. The van der Waals surface area contributed by atoms with E-state index in [1.165, 1.54) is 19.1 Å². The van der Waals surface area contributed by atoms with Gasteiger partial charge in [-0.25, -0.2) is 0 Å². The maximum Gasteiger partial charge on any atom is 0.315 e. The van der Waals surface area contributed by atoms with Crippen LogP contribution < -0.4 is 10.6 Å². The van der Waals surface area contributed by atoms with Crippen molar-refractivity contribution in [3.8, 4) is 0 Å². The van der Waals surface area contributed by atoms with E-state index < -0.39 is 17.8 Å². The molecule has 0 aliphatic rings. The average molecular weight is 299 g/mol. The highest BCUT2D eigenvalue weighted by molar-refractivity contribution is 6.34. The summed E-state index contributed by atoms with van der Waals surface area (Å²) in [5.41, 5.74) is 0.721. The Balaban J connectivity index is 2.89. The molecular formula is C13H15ClN2O4. The molecule has 0 aromatic heterocycles. The number of nitrogens with one attached hydrogen (secondary N) is 2. The first-order valence-electron chi connectivity index (χ1n) is 5.98. The Hall–Kier alpha value is -2.08. The van der Waals surface area contributed by atoms with Crippen molar-refractivity contribution < 1.29 is 19.5 Å². The number of carboxylic acids is 1. The van der Waals surface area contributed by atoms with E-state index in [4.69, 9.17) is 16.7 Å². The zero-order valence-corrected chi connectivity index (χ0v) is 11.8. The minimum absolute atomic E-state index is 0.177. The Morgan fingerprint density at radius 1 is 1.30 bits per heavy atom. The van der Waals surface area contributed by atoms with Gasteiger partial charge in [0.15, 0.2) is 0 Å². The van der Waals surface area contributed by atoms with Crippen molar-refractivity contribution in [3.05, 3.63) is 23.2 Å². The van der Waals surface area contributed by atoms with Gasteiger partial charge in [0.1, 0.15) is 5.92 Å². The minimum atomic E-state index is -1.23. The van der Waals surface area contributed by atoms with Gasteiger partial charge < -0.3 is 15.7 Å². The lowest BCUT2D eigenvalue weighted by molar-refractivity contribution is -0.144. The summed E-state index contributed by atoms with van der Waals surface area (Å²) in [6.07, 6.45) is 0.320. The molecule has 2 amide bonds. The Morgan fingerprint density at radius 2 is 1.95 bits per heavy atom. The van der Waals surface area contributed by atoms with Crippen LogP contribution >= 0.6 is 11.6 Å². The van der Waals surface area contributed by atoms with Crippen LogP contribution in [0.25, 0.3) is 0 Å². The van der Waals surface area contributed by atoms with Gasteiger partial charge in [-0.05, 0) is 25.1 Å². The van der Waals surface area contributed by atoms with E-state index in [0.29, 0.717) is 12.1 Å². The lowest BCUT2D eigenvalue weighted by Crippen LogP contribution is -2.27. The van der Waals surface area contributed by atoms with E-state index in [1.54, 1.807) is 13.0 Å². The first-order chi connectivity index (χ1) is 9.35. The van der Waals surface area contributed by atoms with Crippen LogP contribution in [-0.2, 0) is 14.4 Å². The lowest BCUT2D eigenvalue weighted by Gasteiger charge is -2.12. The number of benzene rings is 1. The fourth-order valence-corrected chi connectivity index (χ4v) is 1.47. The number of halogens is 1. The van der Waals surface area contributed by atoms with Crippen LogP contribution in [0.15, 0.2) is 18.2 Å². The summed E-state index contributed by atoms with van der Waals surface area (Å²) in [6, 6.07) is 4.57. The summed E-state index contributed by atoms with van der Waals surface area (Å²) in [6.45, 7) is 2.98. The summed E-state index contributed by atoms with van der Waals surface area (Å²) < 4.78 is 0. The predicted octanol–water partition coefficient (Wildman–Crippen LogP) is 2.35. The molecule has 7 heteroatoms. The number of hydrogen-bond donors (Lipinski definition) is 3. The lowest BCUT2D eigenvalue weighted by atomic mass is 10.1. The number of aliphatic carboxylic acids is 1. The average Bonchev–Trinajstić information content (AvgIpc) is 2.41. The molecule has 0 spiro atoms. The standard InChI is InChI=1S/C13H15ClN2O4/c1-3-11(17)15-8-4-5-9(14)10(6-8)16-12(18)7(2)13(19)20/h4-7H,3H2,1-2H3,(H,15,17)(H,16,18)(H,19,20). The van der Waals surface area contributed by atoms with Crippen molar-refractivity contribution in [3.63, 3.8) is 0 Å². The third-order valence-corrected chi connectivity index (χ3v) is 2.92. The summed E-state index contributed by atoms with van der Waals surface area (Å²) in [5.74, 6) is -3.28. The second kappa shape index (κ2) is 6.91. The number of anilines is 2. The molecule has 1 aromatic carbocycles. The Kier molecular flexibility index (Phi) is 5.52. The van der Waals surface area contributed by atoms with Gasteiger partial charge in [0.25, 0.3) is 0 Å². The van der Waals surface area contributed by atoms with Gasteiger partial charge in [-0.1, -0.05) is 18.5 Å². The molecule has 0 radical (unpaired) electrons. The molecule has 1 rings (SSSR count). The molecule has 1 atom stereocenters. The van der Waals surface area contributed by atoms with E-state index in [9.17, 15) is 14.4 Å². The Labute approximate surface area is 121 Å². The molecule has 0 bridgehead atoms. The SMILES string of the molecule is CCC(=O)Nc1ccc(Cl)c(NC(=O)C(C)C(=O)O)c1. The highest BCUT2D eigenvalue weighted by atomic mass is 35.5. The van der Waals surface area contributed by atoms with E-state index in [1.807, 2.05) is 0 Å². The second-order valence-corrected chi connectivity index (χ2v) is 4.55. The van der Waals surface area contributed by atoms with Crippen molar-refractivity contribution in [2.45, 2.75) is 20.3 Å². The third-order valence-electron chi connectivity index (χ3n) is 2.59. The van der Waals surface area contributed by atoms with Crippen LogP contribution in [0, 0.1) is 5.92 Å². The first-order valence-corrected chi connectivity index (χ1v) is 6.36. The predicted molar refractivity (Wildman–Crippen MR) is 75.8 cm³/mol. The van der Waals surface area contributed by atoms with Gasteiger partial charge in [0.2, 0.25) is 11.8 Å². The molecule has 0 heterocycles. The van der Waals surface area contributed by atoms with Crippen LogP contribution in [0.1, 0.15) is 20.3 Å². The normalized spacial score (nSPS) is 11.6. The quantitative estimate of drug-likeness (QED) is 0.727. The molecule has 20 heavy (non-hydrogen) atoms. The molecule has 3 N–H and O–H groups in total. The number of carbonyl (C=O) groups excluding carboxylic acids is 2. The van der Waals surface area contributed by atoms with Crippen molar-refractivity contribution in [1.29, 1.82) is 0 Å². The van der Waals surface area contributed by atoms with Gasteiger partial charge >= 0.3 is 5.97 Å². The molecule has 0 saturated carbocycles. The minimum Gasteiger partial charge on any atom is -0.481 e. The molecule has 0 aliphatic carbocycles. The maximum atomic E-state index is 11.7. The summed E-state index contributed by atoms with van der Waals surface area (Å²) in [5, 5.41) is 14.0. The molecule has 6 nitrogen and oxygen atoms in total. The number of rotatable bonds is 5. The summed E-state index contributed by atoms with van der Waals surface area (Å²) >= 11 is 5.92. The summed E-state index contributed by atoms with van der Waals surface area (Å²) in [4.78, 5) is 33.7. The highest BCUT2D eigenvalue weighted by Crippen LogP contribution is 2.26. The number of carbonyl (C=O) groups is 3. The van der Waals surface area contributed by atoms with Gasteiger partial charge in [0.05, 0.1) is 10.7 Å². The molecule has 108 valence electrons. The molecule has 1 unspecified atom stereocenters. The van der Waals surface area contributed by atoms with Crippen LogP contribution in [0.3, 0.4) is 0 Å². The molecule has 1 aromatic rings. The van der Waals surface area contributed by atoms with E-state index >= 15 is 0 Å². The number of amides is 2. The van der Waals surface area contributed by atoms with Gasteiger partial charge in [-0.15, -0.1) is 0 Å². The third kappa shape index (κ3) is 4.24. The van der Waals surface area contributed by atoms with Crippen molar-refractivity contribution >= 4 is 40.8 Å². The van der Waals surface area contributed by atoms with Gasteiger partial charge in [-0.3, -0.25) is 14.4 Å². The van der Waals surface area contributed by atoms with Crippen molar-refractivity contribution in [1.82, 2.24) is 0 Å². The van der Waals surface area contributed by atoms with Crippen LogP contribution in [0.2, 0.25) is 5.02 Å². The summed E-state index contributed by atoms with van der Waals surface area (Å²) in [7, 11) is 0. The highest BCUT2D eigenvalue weighted by Gasteiger charge is 2.21. The topological polar surface area (TPSA) is 95.5 Å². The van der Waals surface area contributed by atoms with Crippen molar-refractivity contribution in [2.75, 3.05) is 10.6 Å². The fraction of sp³-hybridized carbons (Fsp3) is 0.308. The number of carboxylic acid groups (broad SMARTS) is 1. The second-order valence-electron chi connectivity index (χ2n) is 4.15. The zero-order chi connectivity index (χ0) is 15.3. The molecular weight excluding hydrogens is 284 g/mol. The van der Waals surface area contributed by atoms with Gasteiger partial charge in [-0.2, -0.15) is 0 Å². The number of hydrogen-bond acceptors (Lipinski definition) is 3. The van der Waals surface area contributed by atoms with Crippen LogP contribution in [0.5, 0.6) is 0 Å². The maximum absolute atomic E-state index is 11.7. The van der Waals surface area contributed by atoms with Crippen LogP contribution in [0.4, 0.5) is 11.4 Å². The largest absolute Gasteiger partial charge is 0.481 e. The first kappa shape index (κ1) is 16.0. The van der Waals surface area contributed by atoms with Crippen LogP contribution in [-0.4, -0.2) is 22.9 Å². The molecule has 0 aliphatic heterocycles. The molecule has 0 fully saturated rings. The Bertz CT molecular complexity index is 545. The Morgan fingerprint density at radius 3 is 2.50 bits per heavy atom. The van der Waals surface area contributed by atoms with E-state index in [2.05, 4.69) is 10.6 Å². The molecule has 0 saturated heterocycles. The van der Waals surface area contributed by atoms with Crippen molar-refractivity contribution in [2.24, 2.45) is 5.92 Å². The van der Waals surface area contributed by atoms with Gasteiger partial charge in [0, 0.05) is 12.1 Å². The fourth-order valence-electron chi connectivity index (χ4n) is 1.30. The van der Waals surface area contributed by atoms with E-state index in [0.717, 1.165) is 0 Å². The monoisotopic (exact) mass is 298 g/mol. The van der Waals surface area contributed by atoms with E-state index in [-0.39, 0.29) is 16.6 Å². The smallest absolute Gasteiger partial charge is 0.315 e.